The fourth-order valence-corrected chi connectivity index (χ4v) is 2.68. The topological polar surface area (TPSA) is 67.6 Å². The highest BCUT2D eigenvalue weighted by Crippen LogP contribution is 2.19. The summed E-state index contributed by atoms with van der Waals surface area (Å²) in [5, 5.41) is 3.31. The van der Waals surface area contributed by atoms with E-state index in [1.165, 1.54) is 0 Å². The molecule has 3 N–H and O–H groups in total. The normalized spacial score (nSPS) is 17.5. The van der Waals surface area contributed by atoms with Crippen LogP contribution in [-0.4, -0.2) is 55.2 Å². The van der Waals surface area contributed by atoms with Gasteiger partial charge in [0, 0.05) is 25.7 Å². The van der Waals surface area contributed by atoms with Crippen LogP contribution in [0.2, 0.25) is 0 Å². The van der Waals surface area contributed by atoms with Crippen molar-refractivity contribution in [3.63, 3.8) is 0 Å². The highest BCUT2D eigenvalue weighted by molar-refractivity contribution is 5.84. The summed E-state index contributed by atoms with van der Waals surface area (Å²) in [6.45, 7) is 12.9. The Labute approximate surface area is 130 Å². The summed E-state index contributed by atoms with van der Waals surface area (Å²) >= 11 is 0. The van der Waals surface area contributed by atoms with Crippen molar-refractivity contribution in [1.82, 2.24) is 10.2 Å². The predicted molar refractivity (Wildman–Crippen MR) is 88.3 cm³/mol. The lowest BCUT2D eigenvalue weighted by Crippen LogP contribution is -2.57. The lowest BCUT2D eigenvalue weighted by molar-refractivity contribution is -0.124. The third-order valence-electron chi connectivity index (χ3n) is 4.29. The molecule has 3 atom stereocenters. The summed E-state index contributed by atoms with van der Waals surface area (Å²) in [5.41, 5.74) is 4.97. The van der Waals surface area contributed by atoms with Crippen molar-refractivity contribution in [3.8, 4) is 0 Å². The van der Waals surface area contributed by atoms with Crippen LogP contribution >= 0.6 is 0 Å². The SMILES string of the molecule is CCCNC(C)(CC(C)N(CCOC)C(C)CC)C(N)=O. The molecule has 0 fully saturated rings. The lowest BCUT2D eigenvalue weighted by Gasteiger charge is -2.39. The number of carbonyl (C=O) groups excluding carboxylic acids is 1. The molecule has 1 amide bonds. The van der Waals surface area contributed by atoms with Gasteiger partial charge in [-0.3, -0.25) is 9.69 Å². The van der Waals surface area contributed by atoms with Crippen molar-refractivity contribution >= 4 is 5.91 Å². The monoisotopic (exact) mass is 301 g/mol. The van der Waals surface area contributed by atoms with E-state index in [4.69, 9.17) is 10.5 Å². The molecule has 0 bridgehead atoms. The second-order valence-corrected chi connectivity index (χ2v) is 6.16. The van der Waals surface area contributed by atoms with Crippen LogP contribution in [0.25, 0.3) is 0 Å². The van der Waals surface area contributed by atoms with Crippen LogP contribution in [-0.2, 0) is 9.53 Å². The maximum Gasteiger partial charge on any atom is 0.237 e. The second kappa shape index (κ2) is 10.1. The number of hydrogen-bond acceptors (Lipinski definition) is 4. The molecule has 0 aromatic heterocycles. The Bertz CT molecular complexity index is 299. The molecule has 21 heavy (non-hydrogen) atoms. The number of nitrogens with one attached hydrogen (secondary N) is 1. The Hall–Kier alpha value is -0.650. The molecule has 5 heteroatoms. The highest BCUT2D eigenvalue weighted by Gasteiger charge is 2.34. The van der Waals surface area contributed by atoms with Crippen LogP contribution in [0.4, 0.5) is 0 Å². The van der Waals surface area contributed by atoms with Crippen LogP contribution in [0, 0.1) is 0 Å². The number of nitrogens with two attached hydrogens (primary N) is 1. The van der Waals surface area contributed by atoms with Gasteiger partial charge in [0.25, 0.3) is 0 Å². The zero-order valence-electron chi connectivity index (χ0n) is 14.7. The molecule has 0 aliphatic rings. The van der Waals surface area contributed by atoms with Crippen molar-refractivity contribution < 1.29 is 9.53 Å². The summed E-state index contributed by atoms with van der Waals surface area (Å²) in [5.74, 6) is -0.279. The average molecular weight is 301 g/mol. The van der Waals surface area contributed by atoms with Crippen molar-refractivity contribution in [2.45, 2.75) is 71.5 Å². The summed E-state index contributed by atoms with van der Waals surface area (Å²) < 4.78 is 5.21. The van der Waals surface area contributed by atoms with E-state index >= 15 is 0 Å². The van der Waals surface area contributed by atoms with E-state index in [0.29, 0.717) is 19.1 Å². The fraction of sp³-hybridized carbons (Fsp3) is 0.938. The van der Waals surface area contributed by atoms with E-state index in [1.807, 2.05) is 6.92 Å². The summed E-state index contributed by atoms with van der Waals surface area (Å²) in [6.07, 6.45) is 2.76. The quantitative estimate of drug-likeness (QED) is 0.576. The summed E-state index contributed by atoms with van der Waals surface area (Å²) in [7, 11) is 1.72. The van der Waals surface area contributed by atoms with E-state index in [0.717, 1.165) is 25.9 Å². The van der Waals surface area contributed by atoms with Crippen LogP contribution in [0.3, 0.4) is 0 Å². The molecule has 0 aromatic carbocycles. The van der Waals surface area contributed by atoms with Crippen LogP contribution in [0.1, 0.15) is 53.9 Å². The van der Waals surface area contributed by atoms with Gasteiger partial charge in [0.15, 0.2) is 0 Å². The third-order valence-corrected chi connectivity index (χ3v) is 4.29. The van der Waals surface area contributed by atoms with Gasteiger partial charge in [-0.05, 0) is 46.6 Å². The number of nitrogens with zero attached hydrogens (tertiary/aromatic N) is 1. The Kier molecular flexibility index (Phi) is 9.83. The highest BCUT2D eigenvalue weighted by atomic mass is 16.5. The summed E-state index contributed by atoms with van der Waals surface area (Å²) in [6, 6.07) is 0.718. The van der Waals surface area contributed by atoms with Gasteiger partial charge in [-0.2, -0.15) is 0 Å². The van der Waals surface area contributed by atoms with Gasteiger partial charge >= 0.3 is 0 Å². The molecule has 0 aliphatic heterocycles. The number of rotatable bonds is 12. The first-order valence-corrected chi connectivity index (χ1v) is 8.11. The average Bonchev–Trinajstić information content (AvgIpc) is 2.44. The van der Waals surface area contributed by atoms with Gasteiger partial charge in [-0.25, -0.2) is 0 Å². The van der Waals surface area contributed by atoms with Gasteiger partial charge in [0.2, 0.25) is 5.91 Å². The minimum atomic E-state index is -0.659. The maximum atomic E-state index is 11.9. The molecule has 0 aromatic rings. The van der Waals surface area contributed by atoms with E-state index < -0.39 is 5.54 Å². The Morgan fingerprint density at radius 1 is 1.33 bits per heavy atom. The van der Waals surface area contributed by atoms with Crippen molar-refractivity contribution in [2.24, 2.45) is 5.73 Å². The number of ether oxygens (including phenoxy) is 1. The second-order valence-electron chi connectivity index (χ2n) is 6.16. The first-order valence-electron chi connectivity index (χ1n) is 8.11. The van der Waals surface area contributed by atoms with Crippen molar-refractivity contribution in [1.29, 1.82) is 0 Å². The van der Waals surface area contributed by atoms with E-state index in [9.17, 15) is 4.79 Å². The zero-order chi connectivity index (χ0) is 16.5. The number of hydrogen-bond donors (Lipinski definition) is 2. The molecule has 126 valence electrons. The number of amides is 1. The number of carbonyl (C=O) groups is 1. The van der Waals surface area contributed by atoms with E-state index in [2.05, 4.69) is 37.9 Å². The summed E-state index contributed by atoms with van der Waals surface area (Å²) in [4.78, 5) is 14.3. The molecule has 0 radical (unpaired) electrons. The largest absolute Gasteiger partial charge is 0.383 e. The van der Waals surface area contributed by atoms with Gasteiger partial charge < -0.3 is 15.8 Å². The Balaban J connectivity index is 4.88. The molecule has 3 unspecified atom stereocenters. The van der Waals surface area contributed by atoms with Crippen LogP contribution in [0.5, 0.6) is 0 Å². The third kappa shape index (κ3) is 6.76. The molecular formula is C16H35N3O2. The predicted octanol–water partition coefficient (Wildman–Crippen LogP) is 1.76. The first kappa shape index (κ1) is 20.3. The van der Waals surface area contributed by atoms with Gasteiger partial charge in [0.05, 0.1) is 12.1 Å². The van der Waals surface area contributed by atoms with Gasteiger partial charge in [-0.1, -0.05) is 13.8 Å². The number of methoxy groups -OCH3 is 1. The molecule has 0 spiro atoms. The molecule has 0 rings (SSSR count). The maximum absolute atomic E-state index is 11.9. The Morgan fingerprint density at radius 3 is 2.38 bits per heavy atom. The lowest BCUT2D eigenvalue weighted by atomic mass is 9.91. The molecule has 0 heterocycles. The molecule has 5 nitrogen and oxygen atoms in total. The van der Waals surface area contributed by atoms with E-state index in [1.54, 1.807) is 7.11 Å². The van der Waals surface area contributed by atoms with E-state index in [-0.39, 0.29) is 11.9 Å². The molecule has 0 aliphatic carbocycles. The minimum absolute atomic E-state index is 0.261. The van der Waals surface area contributed by atoms with Crippen molar-refractivity contribution in [3.05, 3.63) is 0 Å². The Morgan fingerprint density at radius 2 is 1.95 bits per heavy atom. The van der Waals surface area contributed by atoms with Crippen LogP contribution < -0.4 is 11.1 Å². The van der Waals surface area contributed by atoms with Crippen molar-refractivity contribution in [2.75, 3.05) is 26.8 Å². The fourth-order valence-electron chi connectivity index (χ4n) is 2.68. The van der Waals surface area contributed by atoms with Gasteiger partial charge in [-0.15, -0.1) is 0 Å². The van der Waals surface area contributed by atoms with Gasteiger partial charge in [0.1, 0.15) is 0 Å². The standard InChI is InChI=1S/C16H35N3O2/c1-7-9-18-16(5,15(17)20)12-14(4)19(10-11-21-6)13(3)8-2/h13-14,18H,7-12H2,1-6H3,(H2,17,20). The zero-order valence-corrected chi connectivity index (χ0v) is 14.7. The number of primary amides is 1. The smallest absolute Gasteiger partial charge is 0.237 e. The molecule has 0 saturated carbocycles. The van der Waals surface area contributed by atoms with Crippen LogP contribution in [0.15, 0.2) is 0 Å². The molecular weight excluding hydrogens is 266 g/mol. The minimum Gasteiger partial charge on any atom is -0.383 e. The first-order chi connectivity index (χ1) is 9.82. The molecule has 0 saturated heterocycles.